The lowest BCUT2D eigenvalue weighted by Crippen LogP contribution is -2.49. The molecule has 0 aliphatic carbocycles. The minimum absolute atomic E-state index is 0.0440. The molecular formula is C15H17N3O3S2. The number of ketones is 1. The second-order valence-corrected chi connectivity index (χ2v) is 7.00. The summed E-state index contributed by atoms with van der Waals surface area (Å²) in [6, 6.07) is 7.51. The number of carbonyl (C=O) groups excluding carboxylic acids is 3. The SMILES string of the molecule is CC(N)C(=O)C1SC(=S)N(C(=O)C(N)Cc2ccccc2)C1=O. The molecule has 0 spiro atoms. The quantitative estimate of drug-likeness (QED) is 0.577. The molecule has 3 atom stereocenters. The molecule has 1 aliphatic rings. The first-order chi connectivity index (χ1) is 10.8. The maximum atomic E-state index is 12.4. The van der Waals surface area contributed by atoms with E-state index in [0.717, 1.165) is 22.2 Å². The normalized spacial score (nSPS) is 20.5. The number of thioether (sulfide) groups is 1. The fraction of sp³-hybridized carbons (Fsp3) is 0.333. The number of nitrogens with two attached hydrogens (primary N) is 2. The van der Waals surface area contributed by atoms with Gasteiger partial charge < -0.3 is 11.5 Å². The Kier molecular flexibility index (Phi) is 5.64. The highest BCUT2D eigenvalue weighted by Crippen LogP contribution is 2.29. The number of thiocarbonyl (C=S) groups is 1. The standard InChI is InChI=1S/C15H17N3O3S2/c1-8(16)11(19)12-14(21)18(15(22)23-12)13(20)10(17)7-9-5-3-2-4-6-9/h2-6,8,10,12H,7,16-17H2,1H3. The molecule has 2 amide bonds. The van der Waals surface area contributed by atoms with Gasteiger partial charge in [-0.1, -0.05) is 54.3 Å². The van der Waals surface area contributed by atoms with Gasteiger partial charge in [-0.25, -0.2) is 4.90 Å². The molecule has 0 saturated carbocycles. The highest BCUT2D eigenvalue weighted by atomic mass is 32.2. The molecular weight excluding hydrogens is 334 g/mol. The van der Waals surface area contributed by atoms with Crippen LogP contribution >= 0.6 is 24.0 Å². The minimum atomic E-state index is -1.06. The van der Waals surface area contributed by atoms with E-state index in [0.29, 0.717) is 0 Å². The van der Waals surface area contributed by atoms with Gasteiger partial charge in [-0.2, -0.15) is 0 Å². The first-order valence-corrected chi connectivity index (χ1v) is 8.29. The van der Waals surface area contributed by atoms with Crippen molar-refractivity contribution in [2.24, 2.45) is 11.5 Å². The van der Waals surface area contributed by atoms with E-state index in [1.165, 1.54) is 6.92 Å². The number of hydrogen-bond acceptors (Lipinski definition) is 7. The number of rotatable bonds is 5. The van der Waals surface area contributed by atoms with Crippen LogP contribution in [0.15, 0.2) is 30.3 Å². The summed E-state index contributed by atoms with van der Waals surface area (Å²) in [4.78, 5) is 37.5. The summed E-state index contributed by atoms with van der Waals surface area (Å²) in [7, 11) is 0. The Balaban J connectivity index is 2.11. The summed E-state index contributed by atoms with van der Waals surface area (Å²) in [6.45, 7) is 1.49. The molecule has 0 radical (unpaired) electrons. The zero-order valence-corrected chi connectivity index (χ0v) is 14.1. The van der Waals surface area contributed by atoms with E-state index in [9.17, 15) is 14.4 Å². The van der Waals surface area contributed by atoms with Crippen LogP contribution in [0.2, 0.25) is 0 Å². The maximum Gasteiger partial charge on any atom is 0.256 e. The Hall–Kier alpha value is -1.61. The van der Waals surface area contributed by atoms with Crippen molar-refractivity contribution in [3.05, 3.63) is 35.9 Å². The summed E-state index contributed by atoms with van der Waals surface area (Å²) in [5.74, 6) is -1.71. The molecule has 6 nitrogen and oxygen atoms in total. The molecule has 4 N–H and O–H groups in total. The van der Waals surface area contributed by atoms with E-state index >= 15 is 0 Å². The largest absolute Gasteiger partial charge is 0.322 e. The number of nitrogens with zero attached hydrogens (tertiary/aromatic N) is 1. The zero-order chi connectivity index (χ0) is 17.1. The van der Waals surface area contributed by atoms with E-state index in [-0.39, 0.29) is 10.7 Å². The lowest BCUT2D eigenvalue weighted by atomic mass is 10.1. The molecule has 1 aromatic carbocycles. The molecule has 1 saturated heterocycles. The van der Waals surface area contributed by atoms with Crippen LogP contribution in [0.4, 0.5) is 0 Å². The van der Waals surface area contributed by atoms with Gasteiger partial charge >= 0.3 is 0 Å². The van der Waals surface area contributed by atoms with Gasteiger partial charge in [0.25, 0.3) is 11.8 Å². The van der Waals surface area contributed by atoms with Crippen molar-refractivity contribution in [3.8, 4) is 0 Å². The van der Waals surface area contributed by atoms with E-state index in [4.69, 9.17) is 23.7 Å². The Labute approximate surface area is 143 Å². The molecule has 1 heterocycles. The highest BCUT2D eigenvalue weighted by Gasteiger charge is 2.46. The fourth-order valence-electron chi connectivity index (χ4n) is 2.15. The summed E-state index contributed by atoms with van der Waals surface area (Å²) in [6.07, 6.45) is 0.280. The van der Waals surface area contributed by atoms with Crippen LogP contribution in [-0.2, 0) is 20.8 Å². The smallest absolute Gasteiger partial charge is 0.256 e. The van der Waals surface area contributed by atoms with E-state index in [1.807, 2.05) is 30.3 Å². The van der Waals surface area contributed by atoms with Crippen molar-refractivity contribution in [2.75, 3.05) is 0 Å². The third-order valence-electron chi connectivity index (χ3n) is 3.39. The van der Waals surface area contributed by atoms with Gasteiger partial charge in [-0.15, -0.1) is 0 Å². The molecule has 122 valence electrons. The molecule has 23 heavy (non-hydrogen) atoms. The van der Waals surface area contributed by atoms with Gasteiger partial charge in [0.2, 0.25) is 0 Å². The van der Waals surface area contributed by atoms with Crippen LogP contribution in [0.1, 0.15) is 12.5 Å². The van der Waals surface area contributed by atoms with Crippen molar-refractivity contribution < 1.29 is 14.4 Å². The summed E-state index contributed by atoms with van der Waals surface area (Å²) < 4.78 is 0.0440. The van der Waals surface area contributed by atoms with E-state index in [2.05, 4.69) is 0 Å². The van der Waals surface area contributed by atoms with Crippen LogP contribution in [-0.4, -0.2) is 44.2 Å². The van der Waals surface area contributed by atoms with Gasteiger partial charge in [0.1, 0.15) is 0 Å². The van der Waals surface area contributed by atoms with E-state index < -0.39 is 34.9 Å². The summed E-state index contributed by atoms with van der Waals surface area (Å²) in [5.41, 5.74) is 12.3. The van der Waals surface area contributed by atoms with Crippen LogP contribution in [0.5, 0.6) is 0 Å². The van der Waals surface area contributed by atoms with Crippen LogP contribution < -0.4 is 11.5 Å². The molecule has 8 heteroatoms. The van der Waals surface area contributed by atoms with Gasteiger partial charge in [0, 0.05) is 0 Å². The number of carbonyl (C=O) groups is 3. The summed E-state index contributed by atoms with van der Waals surface area (Å²) in [5, 5.41) is -1.06. The number of imide groups is 1. The monoisotopic (exact) mass is 351 g/mol. The fourth-order valence-corrected chi connectivity index (χ4v) is 3.64. The highest BCUT2D eigenvalue weighted by molar-refractivity contribution is 8.24. The van der Waals surface area contributed by atoms with Crippen molar-refractivity contribution in [3.63, 3.8) is 0 Å². The average molecular weight is 351 g/mol. The summed E-state index contributed by atoms with van der Waals surface area (Å²) >= 11 is 5.93. The Morgan fingerprint density at radius 1 is 1.30 bits per heavy atom. The van der Waals surface area contributed by atoms with Gasteiger partial charge in [-0.05, 0) is 18.9 Å². The Morgan fingerprint density at radius 3 is 2.48 bits per heavy atom. The first-order valence-electron chi connectivity index (χ1n) is 7.00. The number of hydrogen-bond donors (Lipinski definition) is 2. The molecule has 2 rings (SSSR count). The van der Waals surface area contributed by atoms with Crippen LogP contribution in [0.25, 0.3) is 0 Å². The van der Waals surface area contributed by atoms with Crippen molar-refractivity contribution in [1.29, 1.82) is 0 Å². The third-order valence-corrected chi connectivity index (χ3v) is 4.91. The third kappa shape index (κ3) is 3.84. The van der Waals surface area contributed by atoms with Crippen LogP contribution in [0, 0.1) is 0 Å². The molecule has 1 aliphatic heterocycles. The molecule has 1 fully saturated rings. The first kappa shape index (κ1) is 17.7. The second kappa shape index (κ2) is 7.31. The predicted molar refractivity (Wildman–Crippen MR) is 92.6 cm³/mol. The zero-order valence-electron chi connectivity index (χ0n) is 12.5. The van der Waals surface area contributed by atoms with Gasteiger partial charge in [0.05, 0.1) is 12.1 Å². The van der Waals surface area contributed by atoms with Crippen molar-refractivity contribution in [2.45, 2.75) is 30.7 Å². The molecule has 0 bridgehead atoms. The number of amides is 2. The molecule has 1 aromatic rings. The predicted octanol–water partition coefficient (Wildman–Crippen LogP) is 0.228. The number of benzene rings is 1. The van der Waals surface area contributed by atoms with Gasteiger partial charge in [-0.3, -0.25) is 14.4 Å². The lowest BCUT2D eigenvalue weighted by Gasteiger charge is -2.18. The van der Waals surface area contributed by atoms with Crippen molar-refractivity contribution in [1.82, 2.24) is 4.90 Å². The molecule has 0 aromatic heterocycles. The average Bonchev–Trinajstić information content (AvgIpc) is 2.81. The molecule has 3 unspecified atom stereocenters. The van der Waals surface area contributed by atoms with Crippen molar-refractivity contribution >= 4 is 45.9 Å². The lowest BCUT2D eigenvalue weighted by molar-refractivity contribution is -0.140. The van der Waals surface area contributed by atoms with E-state index in [1.54, 1.807) is 0 Å². The van der Waals surface area contributed by atoms with Gasteiger partial charge in [0.15, 0.2) is 15.4 Å². The minimum Gasteiger partial charge on any atom is -0.322 e. The van der Waals surface area contributed by atoms with Crippen LogP contribution in [0.3, 0.4) is 0 Å². The Bertz CT molecular complexity index is 649. The maximum absolute atomic E-state index is 12.4. The number of Topliss-reactive ketones (excluding diaryl/α,β-unsaturated/α-hetero) is 1. The topological polar surface area (TPSA) is 106 Å². The Morgan fingerprint density at radius 2 is 1.91 bits per heavy atom. The second-order valence-electron chi connectivity index (χ2n) is 5.26.